The summed E-state index contributed by atoms with van der Waals surface area (Å²) in [4.78, 5) is 1.83. The second-order valence-corrected chi connectivity index (χ2v) is 3.92. The summed E-state index contributed by atoms with van der Waals surface area (Å²) in [6, 6.07) is 7.11. The lowest BCUT2D eigenvalue weighted by molar-refractivity contribution is 0.0572. The summed E-state index contributed by atoms with van der Waals surface area (Å²) >= 11 is 0. The van der Waals surface area contributed by atoms with Crippen molar-refractivity contribution in [3.63, 3.8) is 0 Å². The maximum absolute atomic E-state index is 9.43. The normalized spacial score (nSPS) is 24.4. The van der Waals surface area contributed by atoms with Gasteiger partial charge in [0.1, 0.15) is 6.07 Å². The van der Waals surface area contributed by atoms with Crippen molar-refractivity contribution in [1.82, 2.24) is 0 Å². The Hall–Kier alpha value is -1.77. The second kappa shape index (κ2) is 4.00. The van der Waals surface area contributed by atoms with Crippen molar-refractivity contribution in [2.45, 2.75) is 12.2 Å². The Morgan fingerprint density at radius 2 is 1.94 bits per heavy atom. The lowest BCUT2D eigenvalue weighted by Gasteiger charge is -2.18. The summed E-state index contributed by atoms with van der Waals surface area (Å²) in [6.45, 7) is 0.742. The minimum Gasteiger partial charge on any atom is -0.398 e. The summed E-state index contributed by atoms with van der Waals surface area (Å²) < 4.78 is 0. The molecule has 1 fully saturated rings. The molecule has 1 aromatic rings. The van der Waals surface area contributed by atoms with E-state index in [1.165, 1.54) is 0 Å². The molecule has 4 N–H and O–H groups in total. The maximum atomic E-state index is 9.43. The van der Waals surface area contributed by atoms with Crippen LogP contribution in [0, 0.1) is 11.3 Å². The highest BCUT2D eigenvalue weighted by Gasteiger charge is 2.29. The number of nitrogens with zero attached hydrogens (tertiary/aromatic N) is 2. The molecule has 2 rings (SSSR count). The molecule has 1 aliphatic rings. The van der Waals surface area contributed by atoms with Crippen LogP contribution in [-0.4, -0.2) is 35.5 Å². The molecule has 0 bridgehead atoms. The number of aliphatic hydroxyl groups excluding tert-OH is 2. The zero-order chi connectivity index (χ0) is 11.7. The molecular formula is C11H13N3O2. The van der Waals surface area contributed by atoms with E-state index >= 15 is 0 Å². The highest BCUT2D eigenvalue weighted by Crippen LogP contribution is 2.24. The van der Waals surface area contributed by atoms with Gasteiger partial charge in [-0.1, -0.05) is 0 Å². The number of hydrogen-bond donors (Lipinski definition) is 3. The number of nitrogens with two attached hydrogens (primary N) is 1. The van der Waals surface area contributed by atoms with Crippen molar-refractivity contribution in [1.29, 1.82) is 5.26 Å². The monoisotopic (exact) mass is 219 g/mol. The average Bonchev–Trinajstić information content (AvgIpc) is 2.60. The van der Waals surface area contributed by atoms with Gasteiger partial charge in [-0.3, -0.25) is 0 Å². The Bertz CT molecular complexity index is 431. The fraction of sp³-hybridized carbons (Fsp3) is 0.364. The third kappa shape index (κ3) is 1.81. The molecule has 0 radical (unpaired) electrons. The van der Waals surface area contributed by atoms with Crippen LogP contribution < -0.4 is 10.6 Å². The molecule has 2 unspecified atom stereocenters. The van der Waals surface area contributed by atoms with E-state index in [0.717, 1.165) is 5.69 Å². The number of rotatable bonds is 1. The third-order valence-electron chi connectivity index (χ3n) is 2.78. The fourth-order valence-electron chi connectivity index (χ4n) is 1.82. The van der Waals surface area contributed by atoms with Gasteiger partial charge in [-0.05, 0) is 18.2 Å². The summed E-state index contributed by atoms with van der Waals surface area (Å²) in [7, 11) is 0. The first-order chi connectivity index (χ1) is 7.61. The lowest BCUT2D eigenvalue weighted by Crippen LogP contribution is -2.22. The van der Waals surface area contributed by atoms with Gasteiger partial charge in [0.05, 0.1) is 17.8 Å². The Kier molecular flexibility index (Phi) is 2.69. The van der Waals surface area contributed by atoms with E-state index in [-0.39, 0.29) is 0 Å². The smallest absolute Gasteiger partial charge is 0.101 e. The molecular weight excluding hydrogens is 206 g/mol. The molecule has 0 saturated carbocycles. The van der Waals surface area contributed by atoms with Crippen molar-refractivity contribution in [2.75, 3.05) is 23.7 Å². The van der Waals surface area contributed by atoms with Crippen molar-refractivity contribution < 1.29 is 10.2 Å². The molecule has 84 valence electrons. The van der Waals surface area contributed by atoms with Crippen LogP contribution in [0.3, 0.4) is 0 Å². The molecule has 1 aliphatic heterocycles. The molecule has 0 amide bonds. The molecule has 16 heavy (non-hydrogen) atoms. The van der Waals surface area contributed by atoms with E-state index in [1.807, 2.05) is 11.0 Å². The maximum Gasteiger partial charge on any atom is 0.101 e. The van der Waals surface area contributed by atoms with Gasteiger partial charge in [-0.25, -0.2) is 0 Å². The molecule has 1 aromatic carbocycles. The van der Waals surface area contributed by atoms with Gasteiger partial charge in [0.2, 0.25) is 0 Å². The largest absolute Gasteiger partial charge is 0.398 e. The van der Waals surface area contributed by atoms with Crippen LogP contribution in [0.2, 0.25) is 0 Å². The zero-order valence-corrected chi connectivity index (χ0v) is 8.67. The average molecular weight is 219 g/mol. The predicted molar refractivity (Wildman–Crippen MR) is 59.8 cm³/mol. The third-order valence-corrected chi connectivity index (χ3v) is 2.78. The van der Waals surface area contributed by atoms with Gasteiger partial charge in [-0.15, -0.1) is 0 Å². The van der Waals surface area contributed by atoms with E-state index in [1.54, 1.807) is 18.2 Å². The van der Waals surface area contributed by atoms with Crippen LogP contribution in [0.1, 0.15) is 5.56 Å². The highest BCUT2D eigenvalue weighted by atomic mass is 16.3. The van der Waals surface area contributed by atoms with Gasteiger partial charge >= 0.3 is 0 Å². The van der Waals surface area contributed by atoms with Crippen molar-refractivity contribution in [2.24, 2.45) is 0 Å². The fourth-order valence-corrected chi connectivity index (χ4v) is 1.82. The highest BCUT2D eigenvalue weighted by molar-refractivity contribution is 5.63. The molecule has 0 aliphatic carbocycles. The van der Waals surface area contributed by atoms with Crippen LogP contribution >= 0.6 is 0 Å². The summed E-state index contributed by atoms with van der Waals surface area (Å²) in [5, 5.41) is 27.7. The first kappa shape index (κ1) is 10.7. The van der Waals surface area contributed by atoms with E-state index in [2.05, 4.69) is 0 Å². The number of hydrogen-bond acceptors (Lipinski definition) is 5. The standard InChI is InChI=1S/C11H13N3O2/c12-4-7-3-8(1-2-9(7)13)14-5-10(15)11(16)6-14/h1-3,10-11,15-16H,5-6,13H2. The number of nitriles is 1. The van der Waals surface area contributed by atoms with Gasteiger partial charge in [0, 0.05) is 24.5 Å². The SMILES string of the molecule is N#Cc1cc(N2CC(O)C(O)C2)ccc1N. The Morgan fingerprint density at radius 3 is 2.50 bits per heavy atom. The number of anilines is 2. The zero-order valence-electron chi connectivity index (χ0n) is 8.67. The molecule has 0 aromatic heterocycles. The summed E-state index contributed by atoms with van der Waals surface area (Å²) in [5.74, 6) is 0. The summed E-state index contributed by atoms with van der Waals surface area (Å²) in [6.07, 6.45) is -1.47. The van der Waals surface area contributed by atoms with E-state index in [4.69, 9.17) is 11.0 Å². The van der Waals surface area contributed by atoms with Gasteiger partial charge < -0.3 is 20.8 Å². The molecule has 0 spiro atoms. The molecule has 5 nitrogen and oxygen atoms in total. The lowest BCUT2D eigenvalue weighted by atomic mass is 10.1. The Labute approximate surface area is 93.3 Å². The number of β-amino-alcohol motifs (C(OH)–C–C–N with tert-alkyl or cyclic N) is 2. The van der Waals surface area contributed by atoms with Crippen LogP contribution in [0.4, 0.5) is 11.4 Å². The quantitative estimate of drug-likeness (QED) is 0.563. The Morgan fingerprint density at radius 1 is 1.31 bits per heavy atom. The Balaban J connectivity index is 2.26. The van der Waals surface area contributed by atoms with Crippen LogP contribution in [0.5, 0.6) is 0 Å². The molecule has 5 heteroatoms. The minimum absolute atomic E-state index is 0.371. The first-order valence-corrected chi connectivity index (χ1v) is 5.02. The second-order valence-electron chi connectivity index (χ2n) is 3.92. The summed E-state index contributed by atoms with van der Waals surface area (Å²) in [5.41, 5.74) is 7.25. The van der Waals surface area contributed by atoms with Crippen molar-refractivity contribution in [3.8, 4) is 6.07 Å². The van der Waals surface area contributed by atoms with E-state index < -0.39 is 12.2 Å². The predicted octanol–water partition coefficient (Wildman–Crippen LogP) is -0.318. The molecule has 1 saturated heterocycles. The van der Waals surface area contributed by atoms with Gasteiger partial charge in [-0.2, -0.15) is 5.26 Å². The van der Waals surface area contributed by atoms with Crippen molar-refractivity contribution in [3.05, 3.63) is 23.8 Å². The number of benzene rings is 1. The number of nitrogen functional groups attached to an aromatic ring is 1. The van der Waals surface area contributed by atoms with Crippen LogP contribution in [0.15, 0.2) is 18.2 Å². The van der Waals surface area contributed by atoms with Crippen LogP contribution in [-0.2, 0) is 0 Å². The molecule has 1 heterocycles. The van der Waals surface area contributed by atoms with E-state index in [0.29, 0.717) is 24.3 Å². The van der Waals surface area contributed by atoms with Gasteiger partial charge in [0.25, 0.3) is 0 Å². The minimum atomic E-state index is -0.733. The van der Waals surface area contributed by atoms with Crippen LogP contribution in [0.25, 0.3) is 0 Å². The van der Waals surface area contributed by atoms with Gasteiger partial charge in [0.15, 0.2) is 0 Å². The molecule has 2 atom stereocenters. The topological polar surface area (TPSA) is 93.5 Å². The number of aliphatic hydroxyl groups is 2. The first-order valence-electron chi connectivity index (χ1n) is 5.02. The van der Waals surface area contributed by atoms with E-state index in [9.17, 15) is 10.2 Å². The van der Waals surface area contributed by atoms with Crippen molar-refractivity contribution >= 4 is 11.4 Å².